The number of ether oxygens (including phenoxy) is 1. The lowest BCUT2D eigenvalue weighted by Crippen LogP contribution is -2.41. The summed E-state index contributed by atoms with van der Waals surface area (Å²) in [5.41, 5.74) is 3.87. The number of nitrogens with one attached hydrogen (secondary N) is 1. The van der Waals surface area contributed by atoms with Gasteiger partial charge in [-0.2, -0.15) is 0 Å². The van der Waals surface area contributed by atoms with E-state index in [1.54, 1.807) is 0 Å². The molecule has 1 aromatic rings. The standard InChI is InChI=1S/C19H30N2O2/c1-14(2)16-6-5-7-17(15(3)4)19(16)20-9-8-18(22)21-10-12-23-13-11-21/h5-7,14-15,20H,8-13H2,1-4H3. The molecule has 1 saturated heterocycles. The second kappa shape index (κ2) is 8.34. The molecule has 1 heterocycles. The van der Waals surface area contributed by atoms with Crippen LogP contribution >= 0.6 is 0 Å². The first-order valence-corrected chi connectivity index (χ1v) is 8.73. The van der Waals surface area contributed by atoms with E-state index in [4.69, 9.17) is 4.74 Å². The number of amides is 1. The molecule has 2 rings (SSSR count). The molecular weight excluding hydrogens is 288 g/mol. The molecule has 0 saturated carbocycles. The molecule has 1 amide bonds. The van der Waals surface area contributed by atoms with Crippen LogP contribution in [0.1, 0.15) is 57.1 Å². The van der Waals surface area contributed by atoms with Crippen LogP contribution in [0.3, 0.4) is 0 Å². The highest BCUT2D eigenvalue weighted by molar-refractivity contribution is 5.77. The Morgan fingerprint density at radius 1 is 1.13 bits per heavy atom. The Morgan fingerprint density at radius 2 is 1.70 bits per heavy atom. The Kier molecular flexibility index (Phi) is 6.46. The van der Waals surface area contributed by atoms with Crippen molar-refractivity contribution in [2.75, 3.05) is 38.2 Å². The Bertz CT molecular complexity index is 494. The van der Waals surface area contributed by atoms with Crippen molar-refractivity contribution in [3.05, 3.63) is 29.3 Å². The molecule has 1 aromatic carbocycles. The van der Waals surface area contributed by atoms with Crippen molar-refractivity contribution in [3.8, 4) is 0 Å². The van der Waals surface area contributed by atoms with Crippen LogP contribution in [-0.4, -0.2) is 43.7 Å². The molecule has 1 aliphatic heterocycles. The third kappa shape index (κ3) is 4.71. The van der Waals surface area contributed by atoms with E-state index in [1.807, 2.05) is 4.90 Å². The third-order valence-corrected chi connectivity index (χ3v) is 4.38. The van der Waals surface area contributed by atoms with Crippen molar-refractivity contribution < 1.29 is 9.53 Å². The summed E-state index contributed by atoms with van der Waals surface area (Å²) in [4.78, 5) is 14.2. The van der Waals surface area contributed by atoms with Crippen molar-refractivity contribution >= 4 is 11.6 Å². The van der Waals surface area contributed by atoms with Gasteiger partial charge in [-0.1, -0.05) is 45.9 Å². The quantitative estimate of drug-likeness (QED) is 0.871. The molecule has 0 radical (unpaired) electrons. The number of carbonyl (C=O) groups is 1. The molecule has 128 valence electrons. The zero-order valence-corrected chi connectivity index (χ0v) is 14.9. The fourth-order valence-electron chi connectivity index (χ4n) is 3.02. The molecule has 1 N–H and O–H groups in total. The van der Waals surface area contributed by atoms with Crippen LogP contribution in [0.25, 0.3) is 0 Å². The van der Waals surface area contributed by atoms with E-state index in [0.717, 1.165) is 13.1 Å². The third-order valence-electron chi connectivity index (χ3n) is 4.38. The SMILES string of the molecule is CC(C)c1cccc(C(C)C)c1NCCC(=O)N1CCOCC1. The highest BCUT2D eigenvalue weighted by Crippen LogP contribution is 2.32. The Morgan fingerprint density at radius 3 is 2.22 bits per heavy atom. The smallest absolute Gasteiger partial charge is 0.224 e. The highest BCUT2D eigenvalue weighted by Gasteiger charge is 2.17. The van der Waals surface area contributed by atoms with Gasteiger partial charge in [-0.05, 0) is 23.0 Å². The van der Waals surface area contributed by atoms with Crippen LogP contribution in [0.2, 0.25) is 0 Å². The summed E-state index contributed by atoms with van der Waals surface area (Å²) in [7, 11) is 0. The lowest BCUT2D eigenvalue weighted by atomic mass is 9.92. The van der Waals surface area contributed by atoms with Gasteiger partial charge >= 0.3 is 0 Å². The summed E-state index contributed by atoms with van der Waals surface area (Å²) >= 11 is 0. The van der Waals surface area contributed by atoms with Gasteiger partial charge in [-0.15, -0.1) is 0 Å². The summed E-state index contributed by atoms with van der Waals surface area (Å²) in [6.07, 6.45) is 0.532. The minimum atomic E-state index is 0.217. The molecule has 0 atom stereocenters. The Balaban J connectivity index is 2.00. The Labute approximate surface area is 140 Å². The summed E-state index contributed by atoms with van der Waals surface area (Å²) in [6.45, 7) is 12.3. The van der Waals surface area contributed by atoms with E-state index in [0.29, 0.717) is 38.0 Å². The molecule has 0 spiro atoms. The summed E-state index contributed by atoms with van der Waals surface area (Å²) < 4.78 is 5.30. The van der Waals surface area contributed by atoms with Gasteiger partial charge < -0.3 is 15.0 Å². The molecule has 0 unspecified atom stereocenters. The van der Waals surface area contributed by atoms with Crippen LogP contribution in [0.15, 0.2) is 18.2 Å². The van der Waals surface area contributed by atoms with E-state index in [1.165, 1.54) is 16.8 Å². The molecule has 0 bridgehead atoms. The van der Waals surface area contributed by atoms with Crippen LogP contribution < -0.4 is 5.32 Å². The number of para-hydroxylation sites is 1. The average molecular weight is 318 g/mol. The lowest BCUT2D eigenvalue weighted by molar-refractivity contribution is -0.134. The second-order valence-corrected chi connectivity index (χ2v) is 6.79. The van der Waals surface area contributed by atoms with Crippen LogP contribution in [0, 0.1) is 0 Å². The van der Waals surface area contributed by atoms with E-state index in [-0.39, 0.29) is 5.91 Å². The summed E-state index contributed by atoms with van der Waals surface area (Å²) in [5.74, 6) is 1.14. The van der Waals surface area contributed by atoms with Crippen molar-refractivity contribution in [3.63, 3.8) is 0 Å². The largest absolute Gasteiger partial charge is 0.384 e. The van der Waals surface area contributed by atoms with Gasteiger partial charge in [-0.25, -0.2) is 0 Å². The number of morpholine rings is 1. The first-order valence-electron chi connectivity index (χ1n) is 8.73. The van der Waals surface area contributed by atoms with Gasteiger partial charge in [0.1, 0.15) is 0 Å². The number of benzene rings is 1. The van der Waals surface area contributed by atoms with Gasteiger partial charge in [0.2, 0.25) is 5.91 Å². The number of hydrogen-bond acceptors (Lipinski definition) is 3. The zero-order chi connectivity index (χ0) is 16.8. The molecule has 4 nitrogen and oxygen atoms in total. The fourth-order valence-corrected chi connectivity index (χ4v) is 3.02. The van der Waals surface area contributed by atoms with Gasteiger partial charge in [0, 0.05) is 31.7 Å². The number of carbonyl (C=O) groups excluding carboxylic acids is 1. The molecule has 4 heteroatoms. The summed E-state index contributed by atoms with van der Waals surface area (Å²) in [5, 5.41) is 3.54. The minimum absolute atomic E-state index is 0.217. The predicted molar refractivity (Wildman–Crippen MR) is 95.1 cm³/mol. The Hall–Kier alpha value is -1.55. The summed E-state index contributed by atoms with van der Waals surface area (Å²) in [6, 6.07) is 6.50. The molecule has 1 fully saturated rings. The van der Waals surface area contributed by atoms with Crippen molar-refractivity contribution in [1.82, 2.24) is 4.90 Å². The van der Waals surface area contributed by atoms with Crippen LogP contribution in [0.5, 0.6) is 0 Å². The van der Waals surface area contributed by atoms with E-state index >= 15 is 0 Å². The highest BCUT2D eigenvalue weighted by atomic mass is 16.5. The average Bonchev–Trinajstić information content (AvgIpc) is 2.55. The van der Waals surface area contributed by atoms with E-state index in [9.17, 15) is 4.79 Å². The molecule has 0 aromatic heterocycles. The maximum Gasteiger partial charge on any atom is 0.224 e. The normalized spacial score (nSPS) is 15.3. The minimum Gasteiger partial charge on any atom is -0.384 e. The maximum absolute atomic E-state index is 12.3. The van der Waals surface area contributed by atoms with Crippen LogP contribution in [-0.2, 0) is 9.53 Å². The first kappa shape index (κ1) is 17.8. The monoisotopic (exact) mass is 318 g/mol. The van der Waals surface area contributed by atoms with Gasteiger partial charge in [0.05, 0.1) is 13.2 Å². The molecule has 0 aliphatic carbocycles. The number of nitrogens with zero attached hydrogens (tertiary/aromatic N) is 1. The first-order chi connectivity index (χ1) is 11.0. The maximum atomic E-state index is 12.3. The van der Waals surface area contributed by atoms with E-state index in [2.05, 4.69) is 51.2 Å². The topological polar surface area (TPSA) is 41.6 Å². The molecular formula is C19H30N2O2. The van der Waals surface area contributed by atoms with Crippen molar-refractivity contribution in [2.45, 2.75) is 46.0 Å². The number of hydrogen-bond donors (Lipinski definition) is 1. The second-order valence-electron chi connectivity index (χ2n) is 6.79. The fraction of sp³-hybridized carbons (Fsp3) is 0.632. The number of rotatable bonds is 6. The van der Waals surface area contributed by atoms with Crippen molar-refractivity contribution in [2.24, 2.45) is 0 Å². The van der Waals surface area contributed by atoms with Crippen LogP contribution in [0.4, 0.5) is 5.69 Å². The lowest BCUT2D eigenvalue weighted by Gasteiger charge is -2.27. The molecule has 23 heavy (non-hydrogen) atoms. The van der Waals surface area contributed by atoms with Gasteiger partial charge in [-0.3, -0.25) is 4.79 Å². The predicted octanol–water partition coefficient (Wildman–Crippen LogP) is 3.59. The van der Waals surface area contributed by atoms with Gasteiger partial charge in [0.15, 0.2) is 0 Å². The van der Waals surface area contributed by atoms with Gasteiger partial charge in [0.25, 0.3) is 0 Å². The van der Waals surface area contributed by atoms with E-state index < -0.39 is 0 Å². The number of anilines is 1. The molecule has 1 aliphatic rings. The zero-order valence-electron chi connectivity index (χ0n) is 14.9. The van der Waals surface area contributed by atoms with Crippen molar-refractivity contribution in [1.29, 1.82) is 0 Å².